The lowest BCUT2D eigenvalue weighted by atomic mass is 10.1. The first-order chi connectivity index (χ1) is 11.0. The van der Waals surface area contributed by atoms with E-state index in [0.717, 1.165) is 6.42 Å². The summed E-state index contributed by atoms with van der Waals surface area (Å²) in [7, 11) is 0. The summed E-state index contributed by atoms with van der Waals surface area (Å²) in [5.41, 5.74) is -2.07. The summed E-state index contributed by atoms with van der Waals surface area (Å²) in [6, 6.07) is 7.12. The van der Waals surface area contributed by atoms with Gasteiger partial charge in [0.25, 0.3) is 0 Å². The molecule has 2 aromatic rings. The molecule has 1 aromatic heterocycles. The first-order valence-corrected chi connectivity index (χ1v) is 6.93. The van der Waals surface area contributed by atoms with Crippen LogP contribution in [-0.4, -0.2) is 21.5 Å². The molecule has 0 spiro atoms. The molecule has 120 valence electrons. The van der Waals surface area contributed by atoms with Crippen molar-refractivity contribution in [2.45, 2.75) is 13.3 Å². The third kappa shape index (κ3) is 3.94. The normalized spacial score (nSPS) is 10.8. The number of ether oxygens (including phenoxy) is 1. The maximum atomic E-state index is 11.5. The summed E-state index contributed by atoms with van der Waals surface area (Å²) in [4.78, 5) is 37.1. The van der Waals surface area contributed by atoms with Crippen molar-refractivity contribution in [1.29, 1.82) is 0 Å². The number of rotatable bonds is 6. The molecule has 0 atom stereocenters. The SMILES string of the molecule is CCCOc1ccccc1/C=C/c1[nH]c(=O)[nH]c(=O)c1[N+](=O)[O-]. The molecule has 23 heavy (non-hydrogen) atoms. The van der Waals surface area contributed by atoms with Crippen LogP contribution in [0.2, 0.25) is 0 Å². The van der Waals surface area contributed by atoms with E-state index < -0.39 is 21.9 Å². The largest absolute Gasteiger partial charge is 0.493 e. The zero-order valence-electron chi connectivity index (χ0n) is 12.4. The van der Waals surface area contributed by atoms with E-state index in [4.69, 9.17) is 4.74 Å². The molecule has 0 aliphatic rings. The first-order valence-electron chi connectivity index (χ1n) is 6.93. The van der Waals surface area contributed by atoms with Gasteiger partial charge in [-0.1, -0.05) is 25.1 Å². The van der Waals surface area contributed by atoms with Crippen molar-refractivity contribution in [2.75, 3.05) is 6.61 Å². The van der Waals surface area contributed by atoms with Gasteiger partial charge in [-0.25, -0.2) is 4.79 Å². The van der Waals surface area contributed by atoms with Crippen molar-refractivity contribution >= 4 is 17.8 Å². The fourth-order valence-electron chi connectivity index (χ4n) is 1.93. The quantitative estimate of drug-likeness (QED) is 0.623. The smallest absolute Gasteiger partial charge is 0.357 e. The average Bonchev–Trinajstić information content (AvgIpc) is 2.50. The summed E-state index contributed by atoms with van der Waals surface area (Å²) >= 11 is 0. The highest BCUT2D eigenvalue weighted by Crippen LogP contribution is 2.21. The summed E-state index contributed by atoms with van der Waals surface area (Å²) < 4.78 is 5.57. The van der Waals surface area contributed by atoms with E-state index >= 15 is 0 Å². The van der Waals surface area contributed by atoms with Gasteiger partial charge in [-0.3, -0.25) is 19.9 Å². The molecule has 0 amide bonds. The van der Waals surface area contributed by atoms with Crippen molar-refractivity contribution < 1.29 is 9.66 Å². The Kier molecular flexibility index (Phi) is 5.08. The Morgan fingerprint density at radius 3 is 2.65 bits per heavy atom. The minimum atomic E-state index is -1.05. The fourth-order valence-corrected chi connectivity index (χ4v) is 1.93. The monoisotopic (exact) mass is 317 g/mol. The predicted molar refractivity (Wildman–Crippen MR) is 85.5 cm³/mol. The second kappa shape index (κ2) is 7.21. The molecule has 0 radical (unpaired) electrons. The second-order valence-electron chi connectivity index (χ2n) is 4.65. The van der Waals surface area contributed by atoms with Crippen LogP contribution in [0.1, 0.15) is 24.6 Å². The summed E-state index contributed by atoms with van der Waals surface area (Å²) in [5, 5.41) is 11.0. The van der Waals surface area contributed by atoms with E-state index in [-0.39, 0.29) is 5.69 Å². The number of hydrogen-bond donors (Lipinski definition) is 2. The van der Waals surface area contributed by atoms with Crippen LogP contribution >= 0.6 is 0 Å². The van der Waals surface area contributed by atoms with E-state index in [1.54, 1.807) is 30.3 Å². The highest BCUT2D eigenvalue weighted by atomic mass is 16.6. The standard InChI is InChI=1S/C15H15N3O5/c1-2-9-23-12-6-4-3-5-10(12)7-8-11-13(18(21)22)14(19)17-15(20)16-11/h3-8H,2,9H2,1H3,(H2,16,17,19,20)/b8-7+. The van der Waals surface area contributed by atoms with Crippen molar-refractivity contribution in [3.05, 3.63) is 66.5 Å². The number of H-pyrrole nitrogens is 2. The molecule has 0 saturated heterocycles. The van der Waals surface area contributed by atoms with Crippen molar-refractivity contribution in [3.8, 4) is 5.75 Å². The molecule has 0 fully saturated rings. The van der Waals surface area contributed by atoms with Gasteiger partial charge in [0, 0.05) is 5.56 Å². The Hall–Kier alpha value is -3.16. The van der Waals surface area contributed by atoms with Crippen LogP contribution < -0.4 is 16.0 Å². The summed E-state index contributed by atoms with van der Waals surface area (Å²) in [5.74, 6) is 0.612. The lowest BCUT2D eigenvalue weighted by Gasteiger charge is -2.07. The van der Waals surface area contributed by atoms with Gasteiger partial charge in [-0.15, -0.1) is 0 Å². The van der Waals surface area contributed by atoms with Gasteiger partial charge in [0.1, 0.15) is 11.4 Å². The van der Waals surface area contributed by atoms with Crippen molar-refractivity contribution in [1.82, 2.24) is 9.97 Å². The van der Waals surface area contributed by atoms with E-state index in [2.05, 4.69) is 4.98 Å². The van der Waals surface area contributed by atoms with Crippen LogP contribution in [-0.2, 0) is 0 Å². The predicted octanol–water partition coefficient (Wildman–Crippen LogP) is 1.93. The summed E-state index contributed by atoms with van der Waals surface area (Å²) in [6.07, 6.45) is 3.69. The number of benzene rings is 1. The van der Waals surface area contributed by atoms with Crippen LogP contribution in [0.4, 0.5) is 5.69 Å². The highest BCUT2D eigenvalue weighted by Gasteiger charge is 2.18. The molecule has 0 saturated carbocycles. The molecule has 1 heterocycles. The molecule has 8 nitrogen and oxygen atoms in total. The Balaban J connectivity index is 2.44. The number of para-hydroxylation sites is 1. The van der Waals surface area contributed by atoms with Crippen LogP contribution in [0.15, 0.2) is 33.9 Å². The number of hydrogen-bond acceptors (Lipinski definition) is 5. The maximum Gasteiger partial charge on any atom is 0.357 e. The first kappa shape index (κ1) is 16.2. The van der Waals surface area contributed by atoms with Gasteiger partial charge in [0.2, 0.25) is 0 Å². The average molecular weight is 317 g/mol. The number of aromatic nitrogens is 2. The van der Waals surface area contributed by atoms with Crippen LogP contribution in [0, 0.1) is 10.1 Å². The molecule has 0 aliphatic carbocycles. The Bertz CT molecular complexity index is 851. The van der Waals surface area contributed by atoms with Gasteiger partial charge in [-0.2, -0.15) is 0 Å². The van der Waals surface area contributed by atoms with Crippen LogP contribution in [0.3, 0.4) is 0 Å². The fraction of sp³-hybridized carbons (Fsp3) is 0.200. The maximum absolute atomic E-state index is 11.5. The number of nitrogens with zero attached hydrogens (tertiary/aromatic N) is 1. The minimum absolute atomic E-state index is 0.172. The van der Waals surface area contributed by atoms with Gasteiger partial charge < -0.3 is 9.72 Å². The van der Waals surface area contributed by atoms with E-state index in [1.165, 1.54) is 6.08 Å². The number of aromatic amines is 2. The Morgan fingerprint density at radius 2 is 1.96 bits per heavy atom. The van der Waals surface area contributed by atoms with Gasteiger partial charge in [-0.05, 0) is 24.6 Å². The molecule has 2 rings (SSSR count). The molecule has 0 aliphatic heterocycles. The lowest BCUT2D eigenvalue weighted by Crippen LogP contribution is -2.25. The lowest BCUT2D eigenvalue weighted by molar-refractivity contribution is -0.386. The molecule has 2 N–H and O–H groups in total. The second-order valence-corrected chi connectivity index (χ2v) is 4.65. The van der Waals surface area contributed by atoms with Crippen LogP contribution in [0.5, 0.6) is 5.75 Å². The topological polar surface area (TPSA) is 118 Å². The van der Waals surface area contributed by atoms with Gasteiger partial charge >= 0.3 is 16.9 Å². The third-order valence-corrected chi connectivity index (χ3v) is 2.94. The zero-order valence-corrected chi connectivity index (χ0v) is 12.4. The summed E-state index contributed by atoms with van der Waals surface area (Å²) in [6.45, 7) is 2.51. The highest BCUT2D eigenvalue weighted by molar-refractivity contribution is 5.74. The Labute approximate surface area is 130 Å². The zero-order chi connectivity index (χ0) is 16.8. The van der Waals surface area contributed by atoms with Gasteiger partial charge in [0.05, 0.1) is 11.5 Å². The van der Waals surface area contributed by atoms with E-state index in [0.29, 0.717) is 17.9 Å². The Morgan fingerprint density at radius 1 is 1.22 bits per heavy atom. The molecule has 0 unspecified atom stereocenters. The third-order valence-electron chi connectivity index (χ3n) is 2.94. The number of nitro groups is 1. The van der Waals surface area contributed by atoms with E-state index in [1.807, 2.05) is 11.9 Å². The van der Waals surface area contributed by atoms with Crippen molar-refractivity contribution in [3.63, 3.8) is 0 Å². The molecule has 0 bridgehead atoms. The van der Waals surface area contributed by atoms with E-state index in [9.17, 15) is 19.7 Å². The molecular weight excluding hydrogens is 302 g/mol. The minimum Gasteiger partial charge on any atom is -0.493 e. The van der Waals surface area contributed by atoms with Gasteiger partial charge in [0.15, 0.2) is 0 Å². The molecule has 1 aromatic carbocycles. The molecular formula is C15H15N3O5. The molecule has 8 heteroatoms. The number of nitrogens with one attached hydrogen (secondary N) is 2. The van der Waals surface area contributed by atoms with Crippen LogP contribution in [0.25, 0.3) is 12.2 Å². The van der Waals surface area contributed by atoms with Crippen molar-refractivity contribution in [2.24, 2.45) is 0 Å².